The lowest BCUT2D eigenvalue weighted by Gasteiger charge is -2.17. The summed E-state index contributed by atoms with van der Waals surface area (Å²) in [6, 6.07) is 11.9. The van der Waals surface area contributed by atoms with Gasteiger partial charge in [-0.2, -0.15) is 0 Å². The Kier molecular flexibility index (Phi) is 6.25. The molecule has 166 valence electrons. The van der Waals surface area contributed by atoms with E-state index >= 15 is 0 Å². The zero-order valence-corrected chi connectivity index (χ0v) is 18.1. The van der Waals surface area contributed by atoms with E-state index in [4.69, 9.17) is 13.9 Å². The minimum Gasteiger partial charge on any atom is -0.445 e. The first-order chi connectivity index (χ1) is 15.5. The molecule has 7 heteroatoms. The molecule has 0 saturated heterocycles. The second-order valence-corrected chi connectivity index (χ2v) is 7.92. The Morgan fingerprint density at radius 3 is 2.62 bits per heavy atom. The topological polar surface area (TPSA) is 94.8 Å². The molecule has 2 aromatic carbocycles. The number of esters is 1. The number of rotatable bonds is 6. The molecule has 3 aromatic rings. The maximum atomic E-state index is 12.9. The lowest BCUT2D eigenvalue weighted by Crippen LogP contribution is -2.42. The van der Waals surface area contributed by atoms with E-state index in [1.165, 1.54) is 0 Å². The predicted octanol–water partition coefficient (Wildman–Crippen LogP) is 4.20. The van der Waals surface area contributed by atoms with Crippen molar-refractivity contribution in [2.45, 2.75) is 52.2 Å². The molecule has 0 spiro atoms. The van der Waals surface area contributed by atoms with Gasteiger partial charge >= 0.3 is 17.7 Å². The third-order valence-electron chi connectivity index (χ3n) is 5.59. The van der Waals surface area contributed by atoms with Crippen LogP contribution in [0.3, 0.4) is 0 Å². The molecule has 0 unspecified atom stereocenters. The number of nitrogens with one attached hydrogen (secondary N) is 1. The number of alkyl carbamates (subject to hydrolysis) is 1. The SMILES string of the molecule is CC[C@H](NC(=O)OCc1ccccc1)C(=O)Oc1cc(C)cc2oc(=O)c3c(c12)CCC3. The molecule has 0 radical (unpaired) electrons. The molecule has 1 aliphatic carbocycles. The van der Waals surface area contributed by atoms with Crippen molar-refractivity contribution in [3.8, 4) is 5.75 Å². The van der Waals surface area contributed by atoms with Crippen LogP contribution in [0.1, 0.15) is 42.0 Å². The van der Waals surface area contributed by atoms with Crippen LogP contribution in [0.5, 0.6) is 5.75 Å². The van der Waals surface area contributed by atoms with Crippen LogP contribution in [0.4, 0.5) is 4.79 Å². The maximum Gasteiger partial charge on any atom is 0.408 e. The number of carbonyl (C=O) groups excluding carboxylic acids is 2. The lowest BCUT2D eigenvalue weighted by atomic mass is 10.0. The Balaban J connectivity index is 1.51. The molecular formula is C25H25NO6. The standard InChI is InChI=1S/C25H25NO6/c1-3-19(26-25(29)30-14-16-8-5-4-6-9-16)24(28)32-21-13-15(2)12-20-22(21)17-10-7-11-18(17)23(27)31-20/h4-6,8-9,12-13,19H,3,7,10-11,14H2,1-2H3,(H,26,29)/t19-/m0/s1. The first kappa shape index (κ1) is 21.6. The third kappa shape index (κ3) is 4.51. The molecule has 1 aliphatic rings. The third-order valence-corrected chi connectivity index (χ3v) is 5.59. The quantitative estimate of drug-likeness (QED) is 0.354. The molecule has 32 heavy (non-hydrogen) atoms. The smallest absolute Gasteiger partial charge is 0.408 e. The van der Waals surface area contributed by atoms with E-state index in [9.17, 15) is 14.4 Å². The van der Waals surface area contributed by atoms with E-state index in [0.717, 1.165) is 29.5 Å². The zero-order chi connectivity index (χ0) is 22.7. The summed E-state index contributed by atoms with van der Waals surface area (Å²) in [5, 5.41) is 3.22. The number of aryl methyl sites for hydroxylation is 2. The summed E-state index contributed by atoms with van der Waals surface area (Å²) in [6.45, 7) is 3.71. The number of hydrogen-bond acceptors (Lipinski definition) is 6. The summed E-state index contributed by atoms with van der Waals surface area (Å²) in [4.78, 5) is 37.4. The largest absolute Gasteiger partial charge is 0.445 e. The van der Waals surface area contributed by atoms with Crippen LogP contribution in [-0.2, 0) is 29.0 Å². The van der Waals surface area contributed by atoms with Gasteiger partial charge in [0.2, 0.25) is 0 Å². The second kappa shape index (κ2) is 9.26. The number of benzene rings is 2. The van der Waals surface area contributed by atoms with Crippen LogP contribution in [0.15, 0.2) is 51.7 Å². The van der Waals surface area contributed by atoms with Gasteiger partial charge in [-0.3, -0.25) is 0 Å². The van der Waals surface area contributed by atoms with E-state index in [-0.39, 0.29) is 12.2 Å². The summed E-state index contributed by atoms with van der Waals surface area (Å²) < 4.78 is 16.4. The minimum absolute atomic E-state index is 0.103. The zero-order valence-electron chi connectivity index (χ0n) is 18.1. The van der Waals surface area contributed by atoms with Gasteiger partial charge in [0.05, 0.1) is 5.39 Å². The first-order valence-corrected chi connectivity index (χ1v) is 10.7. The van der Waals surface area contributed by atoms with E-state index in [1.54, 1.807) is 19.1 Å². The van der Waals surface area contributed by atoms with Gasteiger partial charge in [-0.15, -0.1) is 0 Å². The average molecular weight is 435 g/mol. The van der Waals surface area contributed by atoms with Crippen molar-refractivity contribution in [1.82, 2.24) is 5.32 Å². The Bertz CT molecular complexity index is 1210. The molecular weight excluding hydrogens is 410 g/mol. The van der Waals surface area contributed by atoms with Crippen LogP contribution < -0.4 is 15.7 Å². The molecule has 0 saturated carbocycles. The van der Waals surface area contributed by atoms with Crippen molar-refractivity contribution in [1.29, 1.82) is 0 Å². The first-order valence-electron chi connectivity index (χ1n) is 10.7. The molecule has 1 heterocycles. The van der Waals surface area contributed by atoms with Gasteiger partial charge in [-0.05, 0) is 61.4 Å². The summed E-state index contributed by atoms with van der Waals surface area (Å²) in [6.07, 6.45) is 1.87. The number of amides is 1. The van der Waals surface area contributed by atoms with Gasteiger partial charge in [0.1, 0.15) is 24.0 Å². The normalized spacial score (nSPS) is 13.4. The number of ether oxygens (including phenoxy) is 2. The van der Waals surface area contributed by atoms with Gasteiger partial charge in [0.15, 0.2) is 0 Å². The van der Waals surface area contributed by atoms with Gasteiger partial charge < -0.3 is 19.2 Å². The van der Waals surface area contributed by atoms with E-state index in [2.05, 4.69) is 5.32 Å². The fourth-order valence-electron chi connectivity index (χ4n) is 4.00. The van der Waals surface area contributed by atoms with E-state index in [1.807, 2.05) is 37.3 Å². The monoisotopic (exact) mass is 435 g/mol. The van der Waals surface area contributed by atoms with Crippen molar-refractivity contribution < 1.29 is 23.5 Å². The molecule has 4 rings (SSSR count). The molecule has 1 amide bonds. The lowest BCUT2D eigenvalue weighted by molar-refractivity contribution is -0.136. The van der Waals surface area contributed by atoms with Crippen molar-refractivity contribution in [2.24, 2.45) is 0 Å². The Morgan fingerprint density at radius 2 is 1.88 bits per heavy atom. The Morgan fingerprint density at radius 1 is 1.12 bits per heavy atom. The molecule has 0 fully saturated rings. The van der Waals surface area contributed by atoms with Crippen LogP contribution >= 0.6 is 0 Å². The van der Waals surface area contributed by atoms with Gasteiger partial charge in [-0.25, -0.2) is 14.4 Å². The van der Waals surface area contributed by atoms with Crippen molar-refractivity contribution in [2.75, 3.05) is 0 Å². The van der Waals surface area contributed by atoms with Crippen molar-refractivity contribution in [3.05, 3.63) is 75.1 Å². The van der Waals surface area contributed by atoms with Gasteiger partial charge in [0.25, 0.3) is 0 Å². The van der Waals surface area contributed by atoms with Crippen LogP contribution in [-0.4, -0.2) is 18.1 Å². The van der Waals surface area contributed by atoms with Gasteiger partial charge in [0, 0.05) is 5.56 Å². The summed E-state index contributed by atoms with van der Waals surface area (Å²) in [7, 11) is 0. The molecule has 7 nitrogen and oxygen atoms in total. The van der Waals surface area contributed by atoms with Crippen molar-refractivity contribution in [3.63, 3.8) is 0 Å². The fourth-order valence-corrected chi connectivity index (χ4v) is 4.00. The minimum atomic E-state index is -0.877. The Hall–Kier alpha value is -3.61. The summed E-state index contributed by atoms with van der Waals surface area (Å²) >= 11 is 0. The predicted molar refractivity (Wildman–Crippen MR) is 119 cm³/mol. The van der Waals surface area contributed by atoms with Crippen LogP contribution in [0.2, 0.25) is 0 Å². The molecule has 1 atom stereocenters. The molecule has 1 aromatic heterocycles. The molecule has 0 aliphatic heterocycles. The number of hydrogen-bond donors (Lipinski definition) is 1. The Labute approximate surface area is 185 Å². The van der Waals surface area contributed by atoms with Crippen molar-refractivity contribution >= 4 is 23.0 Å². The molecule has 1 N–H and O–H groups in total. The fraction of sp³-hybridized carbons (Fsp3) is 0.320. The summed E-state index contributed by atoms with van der Waals surface area (Å²) in [5.74, 6) is -0.265. The van der Waals surface area contributed by atoms with E-state index < -0.39 is 18.1 Å². The highest BCUT2D eigenvalue weighted by Gasteiger charge is 2.26. The van der Waals surface area contributed by atoms with Crippen LogP contribution in [0, 0.1) is 6.92 Å². The average Bonchev–Trinajstić information content (AvgIpc) is 3.27. The highest BCUT2D eigenvalue weighted by atomic mass is 16.6. The van der Waals surface area contributed by atoms with E-state index in [0.29, 0.717) is 35.1 Å². The number of fused-ring (bicyclic) bond motifs is 3. The maximum absolute atomic E-state index is 12.9. The molecule has 0 bridgehead atoms. The van der Waals surface area contributed by atoms with Crippen LogP contribution in [0.25, 0.3) is 11.0 Å². The highest BCUT2D eigenvalue weighted by Crippen LogP contribution is 2.35. The van der Waals surface area contributed by atoms with Gasteiger partial charge in [-0.1, -0.05) is 37.3 Å². The number of carbonyl (C=O) groups is 2. The summed E-state index contributed by atoms with van der Waals surface area (Å²) in [5.41, 5.74) is 3.24. The second-order valence-electron chi connectivity index (χ2n) is 7.92. The highest BCUT2D eigenvalue weighted by molar-refractivity contribution is 5.92.